The van der Waals surface area contributed by atoms with Gasteiger partial charge >= 0.3 is 0 Å². The van der Waals surface area contributed by atoms with Crippen LogP contribution in [0.15, 0.2) is 51.9 Å². The molecule has 1 spiro atoms. The molecule has 4 nitrogen and oxygen atoms in total. The van der Waals surface area contributed by atoms with E-state index < -0.39 is 11.6 Å². The van der Waals surface area contributed by atoms with Crippen molar-refractivity contribution in [3.63, 3.8) is 0 Å². The molecule has 2 heterocycles. The van der Waals surface area contributed by atoms with Gasteiger partial charge in [-0.05, 0) is 36.6 Å². The third-order valence-electron chi connectivity index (χ3n) is 4.71. The molecular weight excluding hydrogens is 436 g/mol. The number of carbonyl (C=O) groups excluding carboxylic acids is 1. The van der Waals surface area contributed by atoms with Crippen LogP contribution >= 0.6 is 39.3 Å². The summed E-state index contributed by atoms with van der Waals surface area (Å²) >= 11 is 11.0. The number of aliphatic imine (C=N–C) groups is 1. The van der Waals surface area contributed by atoms with E-state index in [1.54, 1.807) is 23.9 Å². The van der Waals surface area contributed by atoms with Crippen LogP contribution in [0.25, 0.3) is 0 Å². The van der Waals surface area contributed by atoms with Crippen molar-refractivity contribution in [3.05, 3.63) is 63.1 Å². The lowest BCUT2D eigenvalue weighted by Crippen LogP contribution is -2.46. The number of likely N-dealkylation sites (N-methyl/N-ethyl adjacent to an activating group) is 1. The molecule has 2 aliphatic rings. The summed E-state index contributed by atoms with van der Waals surface area (Å²) in [6.07, 6.45) is 1.26. The predicted octanol–water partition coefficient (Wildman–Crippen LogP) is 4.67. The second-order valence-corrected chi connectivity index (χ2v) is 8.49. The quantitative estimate of drug-likeness (QED) is 0.632. The number of hydrogen-bond donors (Lipinski definition) is 0. The van der Waals surface area contributed by atoms with E-state index in [-0.39, 0.29) is 5.78 Å². The summed E-state index contributed by atoms with van der Waals surface area (Å²) in [5, 5.41) is 1.47. The van der Waals surface area contributed by atoms with Gasteiger partial charge in [0.15, 0.2) is 16.8 Å². The first kappa shape index (κ1) is 17.9. The predicted molar refractivity (Wildman–Crippen MR) is 109 cm³/mol. The third kappa shape index (κ3) is 2.75. The summed E-state index contributed by atoms with van der Waals surface area (Å²) in [5.74, 6) is 0.633. The molecule has 2 unspecified atom stereocenters. The fourth-order valence-corrected chi connectivity index (χ4v) is 4.60. The lowest BCUT2D eigenvalue weighted by atomic mass is 9.79. The van der Waals surface area contributed by atoms with E-state index in [1.165, 1.54) is 0 Å². The van der Waals surface area contributed by atoms with E-state index >= 15 is 0 Å². The molecular formula is C19H16BrClN2O2S. The summed E-state index contributed by atoms with van der Waals surface area (Å²) < 4.78 is 7.00. The summed E-state index contributed by atoms with van der Waals surface area (Å²) in [7, 11) is 1.96. The molecule has 0 saturated carbocycles. The Morgan fingerprint density at radius 1 is 1.31 bits per heavy atom. The molecule has 0 bridgehead atoms. The Labute approximate surface area is 169 Å². The van der Waals surface area contributed by atoms with Crippen LogP contribution in [-0.4, -0.2) is 35.7 Å². The van der Waals surface area contributed by atoms with Crippen LogP contribution in [0.2, 0.25) is 5.02 Å². The summed E-state index contributed by atoms with van der Waals surface area (Å²) in [6, 6.07) is 13.0. The van der Waals surface area contributed by atoms with Crippen molar-refractivity contribution in [1.82, 2.24) is 4.90 Å². The number of thioether (sulfide) groups is 1. The van der Waals surface area contributed by atoms with Gasteiger partial charge in [-0.15, -0.1) is 0 Å². The second kappa shape index (κ2) is 6.59. The van der Waals surface area contributed by atoms with E-state index in [0.717, 1.165) is 20.8 Å². The van der Waals surface area contributed by atoms with Crippen molar-refractivity contribution in [2.24, 2.45) is 4.99 Å². The number of benzene rings is 2. The number of hydrogen-bond acceptors (Lipinski definition) is 5. The average molecular weight is 452 g/mol. The molecule has 4 rings (SSSR count). The molecule has 2 aliphatic heterocycles. The zero-order valence-corrected chi connectivity index (χ0v) is 17.4. The molecule has 134 valence electrons. The Hall–Kier alpha value is -1.50. The zero-order chi connectivity index (χ0) is 18.5. The average Bonchev–Trinajstić information content (AvgIpc) is 2.97. The SMILES string of the molecule is CSC1=NC2(CN1C)C(=O)C(c1ccc(Cl)cc1)Oc1ccc(Br)cc12. The highest BCUT2D eigenvalue weighted by Gasteiger charge is 2.54. The number of nitrogens with zero attached hydrogens (tertiary/aromatic N) is 2. The van der Waals surface area contributed by atoms with Gasteiger partial charge in [-0.2, -0.15) is 0 Å². The molecule has 0 amide bonds. The Morgan fingerprint density at radius 2 is 2.04 bits per heavy atom. The van der Waals surface area contributed by atoms with Crippen molar-refractivity contribution < 1.29 is 9.53 Å². The Balaban J connectivity index is 1.89. The number of Topliss-reactive ketones (excluding diaryl/α,β-unsaturated/α-hetero) is 1. The van der Waals surface area contributed by atoms with Crippen LogP contribution in [0.5, 0.6) is 5.75 Å². The third-order valence-corrected chi connectivity index (χ3v) is 6.23. The van der Waals surface area contributed by atoms with Gasteiger partial charge in [0, 0.05) is 27.7 Å². The van der Waals surface area contributed by atoms with Gasteiger partial charge in [-0.1, -0.05) is 51.4 Å². The summed E-state index contributed by atoms with van der Waals surface area (Å²) in [6.45, 7) is 0.499. The maximum absolute atomic E-state index is 13.6. The normalized spacial score (nSPS) is 24.5. The van der Waals surface area contributed by atoms with Crippen LogP contribution in [0.1, 0.15) is 17.2 Å². The zero-order valence-electron chi connectivity index (χ0n) is 14.2. The summed E-state index contributed by atoms with van der Waals surface area (Å²) in [4.78, 5) is 20.5. The number of rotatable bonds is 1. The molecule has 0 N–H and O–H groups in total. The van der Waals surface area contributed by atoms with Crippen LogP contribution in [0.4, 0.5) is 0 Å². The Kier molecular flexibility index (Phi) is 4.53. The minimum atomic E-state index is -0.964. The van der Waals surface area contributed by atoms with Crippen molar-refractivity contribution in [1.29, 1.82) is 0 Å². The van der Waals surface area contributed by atoms with Gasteiger partial charge < -0.3 is 9.64 Å². The number of amidine groups is 1. The maximum atomic E-state index is 13.6. The molecule has 0 saturated heterocycles. The summed E-state index contributed by atoms with van der Waals surface area (Å²) in [5.41, 5.74) is 0.621. The van der Waals surface area contributed by atoms with E-state index in [2.05, 4.69) is 15.9 Å². The van der Waals surface area contributed by atoms with Crippen LogP contribution < -0.4 is 4.74 Å². The van der Waals surface area contributed by atoms with Gasteiger partial charge in [0.1, 0.15) is 5.75 Å². The maximum Gasteiger partial charge on any atom is 0.211 e. The smallest absolute Gasteiger partial charge is 0.211 e. The highest BCUT2D eigenvalue weighted by molar-refractivity contribution is 9.10. The minimum absolute atomic E-state index is 0.0543. The standard InChI is InChI=1S/C19H16BrClN2O2S/c1-23-10-19(22-18(23)26-2)14-9-12(20)5-8-15(14)25-16(17(19)24)11-3-6-13(21)7-4-11/h3-9,16H,10H2,1-2H3. The molecule has 2 aromatic carbocycles. The van der Waals surface area contributed by atoms with Gasteiger partial charge in [-0.3, -0.25) is 4.79 Å². The molecule has 0 aliphatic carbocycles. The van der Waals surface area contributed by atoms with Gasteiger partial charge in [-0.25, -0.2) is 4.99 Å². The van der Waals surface area contributed by atoms with Gasteiger partial charge in [0.2, 0.25) is 5.78 Å². The Bertz CT molecular complexity index is 918. The topological polar surface area (TPSA) is 41.9 Å². The van der Waals surface area contributed by atoms with Crippen LogP contribution in [0.3, 0.4) is 0 Å². The van der Waals surface area contributed by atoms with Crippen LogP contribution in [0, 0.1) is 0 Å². The van der Waals surface area contributed by atoms with Gasteiger partial charge in [0.05, 0.1) is 6.54 Å². The number of carbonyl (C=O) groups is 1. The van der Waals surface area contributed by atoms with E-state index in [1.807, 2.05) is 48.5 Å². The number of halogens is 2. The lowest BCUT2D eigenvalue weighted by molar-refractivity contribution is -0.133. The monoisotopic (exact) mass is 450 g/mol. The molecule has 0 radical (unpaired) electrons. The molecule has 0 aromatic heterocycles. The van der Waals surface area contributed by atoms with E-state index in [0.29, 0.717) is 17.3 Å². The number of fused-ring (bicyclic) bond motifs is 2. The Morgan fingerprint density at radius 3 is 2.69 bits per heavy atom. The number of ether oxygens (including phenoxy) is 1. The highest BCUT2D eigenvalue weighted by Crippen LogP contribution is 2.48. The fourth-order valence-electron chi connectivity index (χ4n) is 3.49. The van der Waals surface area contributed by atoms with Crippen molar-refractivity contribution in [3.8, 4) is 5.75 Å². The fraction of sp³-hybridized carbons (Fsp3) is 0.263. The highest BCUT2D eigenvalue weighted by atomic mass is 79.9. The molecule has 7 heteroatoms. The largest absolute Gasteiger partial charge is 0.477 e. The first-order chi connectivity index (χ1) is 12.4. The minimum Gasteiger partial charge on any atom is -0.477 e. The van der Waals surface area contributed by atoms with Crippen molar-refractivity contribution >= 4 is 50.2 Å². The first-order valence-corrected chi connectivity index (χ1v) is 10.5. The van der Waals surface area contributed by atoms with Crippen molar-refractivity contribution in [2.75, 3.05) is 19.8 Å². The lowest BCUT2D eigenvalue weighted by Gasteiger charge is -2.36. The molecule has 2 aromatic rings. The van der Waals surface area contributed by atoms with E-state index in [4.69, 9.17) is 21.3 Å². The van der Waals surface area contributed by atoms with Crippen molar-refractivity contribution in [2.45, 2.75) is 11.6 Å². The molecule has 26 heavy (non-hydrogen) atoms. The second-order valence-electron chi connectivity index (χ2n) is 6.37. The first-order valence-electron chi connectivity index (χ1n) is 8.06. The van der Waals surface area contributed by atoms with E-state index in [9.17, 15) is 4.79 Å². The molecule has 2 atom stereocenters. The van der Waals surface area contributed by atoms with Gasteiger partial charge in [0.25, 0.3) is 0 Å². The van der Waals surface area contributed by atoms with Crippen LogP contribution in [-0.2, 0) is 10.3 Å². The number of ketones is 1. The molecule has 0 fully saturated rings.